The fraction of sp³-hybridized carbons (Fsp3) is 0.310. The molecule has 3 aromatic carbocycles. The number of hydrogen-bond donors (Lipinski definition) is 1. The summed E-state index contributed by atoms with van der Waals surface area (Å²) in [6, 6.07) is 18.5. The largest absolute Gasteiger partial charge is 0.507 e. The zero-order chi connectivity index (χ0) is 24.4. The van der Waals surface area contributed by atoms with E-state index in [2.05, 4.69) is 0 Å². The topological polar surface area (TPSA) is 66.8 Å². The number of aliphatic hydroxyl groups is 1. The van der Waals surface area contributed by atoms with Crippen molar-refractivity contribution in [1.29, 1.82) is 0 Å². The Morgan fingerprint density at radius 1 is 1.06 bits per heavy atom. The standard InChI is InChI=1S/C29H31NO4/c1-5-6-16-30-26(22-13-9-11-19-10-7-8-12-21(19)22)25(28(32)29(30)33)27(31)20-14-15-24(34-4)23(17-20)18(2)3/h7-15,17-18,26,31H,5-6,16H2,1-4H3/b27-25+. The van der Waals surface area contributed by atoms with Crippen LogP contribution < -0.4 is 4.74 Å². The van der Waals surface area contributed by atoms with Crippen LogP contribution in [0.25, 0.3) is 16.5 Å². The maximum absolute atomic E-state index is 13.3. The molecule has 1 aliphatic heterocycles. The van der Waals surface area contributed by atoms with E-state index < -0.39 is 17.7 Å². The number of nitrogens with zero attached hydrogens (tertiary/aromatic N) is 1. The molecule has 34 heavy (non-hydrogen) atoms. The van der Waals surface area contributed by atoms with Gasteiger partial charge in [0.25, 0.3) is 11.7 Å². The van der Waals surface area contributed by atoms with Crippen molar-refractivity contribution in [3.05, 3.63) is 82.9 Å². The summed E-state index contributed by atoms with van der Waals surface area (Å²) in [5.41, 5.74) is 2.40. The minimum Gasteiger partial charge on any atom is -0.507 e. The number of carbonyl (C=O) groups excluding carboxylic acids is 2. The first-order chi connectivity index (χ1) is 16.4. The van der Waals surface area contributed by atoms with Crippen LogP contribution in [0.2, 0.25) is 0 Å². The van der Waals surface area contributed by atoms with Crippen LogP contribution in [0.1, 0.15) is 62.3 Å². The number of methoxy groups -OCH3 is 1. The summed E-state index contributed by atoms with van der Waals surface area (Å²) >= 11 is 0. The first-order valence-corrected chi connectivity index (χ1v) is 11.8. The van der Waals surface area contributed by atoms with Crippen LogP contribution in [0, 0.1) is 0 Å². The Hall–Kier alpha value is -3.60. The average Bonchev–Trinajstić information content (AvgIpc) is 3.10. The van der Waals surface area contributed by atoms with Crippen molar-refractivity contribution in [3.63, 3.8) is 0 Å². The summed E-state index contributed by atoms with van der Waals surface area (Å²) in [6.45, 7) is 6.59. The summed E-state index contributed by atoms with van der Waals surface area (Å²) in [5.74, 6) is -0.483. The van der Waals surface area contributed by atoms with Gasteiger partial charge in [-0.2, -0.15) is 0 Å². The van der Waals surface area contributed by atoms with Crippen molar-refractivity contribution < 1.29 is 19.4 Å². The number of carbonyl (C=O) groups is 2. The highest BCUT2D eigenvalue weighted by Gasteiger charge is 2.46. The fourth-order valence-electron chi connectivity index (χ4n) is 4.74. The van der Waals surface area contributed by atoms with Crippen molar-refractivity contribution in [1.82, 2.24) is 4.90 Å². The molecule has 1 heterocycles. The highest BCUT2D eigenvalue weighted by atomic mass is 16.5. The van der Waals surface area contributed by atoms with Gasteiger partial charge < -0.3 is 14.7 Å². The van der Waals surface area contributed by atoms with Crippen LogP contribution in [-0.4, -0.2) is 35.4 Å². The van der Waals surface area contributed by atoms with Gasteiger partial charge in [0.2, 0.25) is 0 Å². The Morgan fingerprint density at radius 2 is 1.79 bits per heavy atom. The van der Waals surface area contributed by atoms with Crippen LogP contribution in [0.4, 0.5) is 0 Å². The van der Waals surface area contributed by atoms with Gasteiger partial charge in [0, 0.05) is 12.1 Å². The predicted molar refractivity (Wildman–Crippen MR) is 135 cm³/mol. The smallest absolute Gasteiger partial charge is 0.295 e. The van der Waals surface area contributed by atoms with Gasteiger partial charge >= 0.3 is 0 Å². The maximum Gasteiger partial charge on any atom is 0.295 e. The van der Waals surface area contributed by atoms with Gasteiger partial charge in [-0.1, -0.05) is 69.7 Å². The lowest BCUT2D eigenvalue weighted by Crippen LogP contribution is -2.30. The Kier molecular flexibility index (Phi) is 6.73. The molecule has 1 unspecified atom stereocenters. The lowest BCUT2D eigenvalue weighted by atomic mass is 9.90. The van der Waals surface area contributed by atoms with Crippen LogP contribution in [0.15, 0.2) is 66.2 Å². The normalized spacial score (nSPS) is 17.7. The molecule has 1 amide bonds. The van der Waals surface area contributed by atoms with Crippen molar-refractivity contribution in [2.24, 2.45) is 0 Å². The third kappa shape index (κ3) is 4.07. The SMILES string of the molecule is CCCCN1C(=O)C(=O)/C(=C(/O)c2ccc(OC)c(C(C)C)c2)C1c1cccc2ccccc12. The number of ether oxygens (including phenoxy) is 1. The molecule has 0 aliphatic carbocycles. The minimum atomic E-state index is -0.651. The Bertz CT molecular complexity index is 1270. The van der Waals surface area contributed by atoms with Crippen molar-refractivity contribution >= 4 is 28.2 Å². The first kappa shape index (κ1) is 23.6. The quantitative estimate of drug-likeness (QED) is 0.261. The number of likely N-dealkylation sites (tertiary alicyclic amines) is 1. The van der Waals surface area contributed by atoms with Gasteiger partial charge in [-0.3, -0.25) is 9.59 Å². The fourth-order valence-corrected chi connectivity index (χ4v) is 4.74. The van der Waals surface area contributed by atoms with E-state index in [4.69, 9.17) is 4.74 Å². The van der Waals surface area contributed by atoms with Gasteiger partial charge in [0.05, 0.1) is 18.7 Å². The zero-order valence-corrected chi connectivity index (χ0v) is 20.2. The molecule has 1 aliphatic rings. The predicted octanol–water partition coefficient (Wildman–Crippen LogP) is 6.19. The molecule has 1 N–H and O–H groups in total. The number of amides is 1. The van der Waals surface area contributed by atoms with E-state index in [1.165, 1.54) is 0 Å². The molecule has 0 bridgehead atoms. The van der Waals surface area contributed by atoms with Crippen LogP contribution >= 0.6 is 0 Å². The molecule has 0 aromatic heterocycles. The van der Waals surface area contributed by atoms with E-state index in [-0.39, 0.29) is 17.3 Å². The molecule has 0 spiro atoms. The Labute approximate surface area is 200 Å². The highest BCUT2D eigenvalue weighted by Crippen LogP contribution is 2.42. The van der Waals surface area contributed by atoms with Gasteiger partial charge in [-0.05, 0) is 52.4 Å². The second-order valence-corrected chi connectivity index (χ2v) is 9.03. The molecule has 0 radical (unpaired) electrons. The van der Waals surface area contributed by atoms with E-state index in [1.54, 1.807) is 24.1 Å². The van der Waals surface area contributed by atoms with E-state index in [0.29, 0.717) is 12.1 Å². The number of unbranched alkanes of at least 4 members (excludes halogenated alkanes) is 1. The summed E-state index contributed by atoms with van der Waals surface area (Å²) in [5, 5.41) is 13.4. The number of fused-ring (bicyclic) bond motifs is 1. The van der Waals surface area contributed by atoms with E-state index in [0.717, 1.165) is 40.5 Å². The molecule has 5 heteroatoms. The second-order valence-electron chi connectivity index (χ2n) is 9.03. The molecule has 176 valence electrons. The zero-order valence-electron chi connectivity index (χ0n) is 20.2. The summed E-state index contributed by atoms with van der Waals surface area (Å²) in [4.78, 5) is 28.1. The second kappa shape index (κ2) is 9.72. The maximum atomic E-state index is 13.3. The summed E-state index contributed by atoms with van der Waals surface area (Å²) in [7, 11) is 1.61. The summed E-state index contributed by atoms with van der Waals surface area (Å²) in [6.07, 6.45) is 1.66. The van der Waals surface area contributed by atoms with Crippen LogP contribution in [0.3, 0.4) is 0 Å². The van der Waals surface area contributed by atoms with Gasteiger partial charge in [-0.25, -0.2) is 0 Å². The van der Waals surface area contributed by atoms with Gasteiger partial charge in [0.15, 0.2) is 0 Å². The molecular formula is C29H31NO4. The molecule has 1 saturated heterocycles. The molecule has 3 aromatic rings. The Balaban J connectivity index is 1.95. The number of benzene rings is 3. The number of ketones is 1. The highest BCUT2D eigenvalue weighted by molar-refractivity contribution is 6.46. The van der Waals surface area contributed by atoms with E-state index in [1.807, 2.05) is 69.3 Å². The molecule has 4 rings (SSSR count). The van der Waals surface area contributed by atoms with Gasteiger partial charge in [-0.15, -0.1) is 0 Å². The number of hydrogen-bond acceptors (Lipinski definition) is 4. The third-order valence-electron chi connectivity index (χ3n) is 6.54. The number of aliphatic hydroxyl groups excluding tert-OH is 1. The first-order valence-electron chi connectivity index (χ1n) is 11.8. The minimum absolute atomic E-state index is 0.136. The third-order valence-corrected chi connectivity index (χ3v) is 6.54. The van der Waals surface area contributed by atoms with E-state index in [9.17, 15) is 14.7 Å². The van der Waals surface area contributed by atoms with Crippen LogP contribution in [-0.2, 0) is 9.59 Å². The Morgan fingerprint density at radius 3 is 2.50 bits per heavy atom. The van der Waals surface area contributed by atoms with Crippen molar-refractivity contribution in [3.8, 4) is 5.75 Å². The van der Waals surface area contributed by atoms with Crippen LogP contribution in [0.5, 0.6) is 5.75 Å². The monoisotopic (exact) mass is 457 g/mol. The van der Waals surface area contributed by atoms with Gasteiger partial charge in [0.1, 0.15) is 11.5 Å². The van der Waals surface area contributed by atoms with Crippen molar-refractivity contribution in [2.75, 3.05) is 13.7 Å². The molecule has 1 fully saturated rings. The molecule has 5 nitrogen and oxygen atoms in total. The summed E-state index contributed by atoms with van der Waals surface area (Å²) < 4.78 is 5.48. The molecular weight excluding hydrogens is 426 g/mol. The molecule has 1 atom stereocenters. The lowest BCUT2D eigenvalue weighted by molar-refractivity contribution is -0.139. The average molecular weight is 458 g/mol. The van der Waals surface area contributed by atoms with E-state index >= 15 is 0 Å². The number of Topliss-reactive ketones (excluding diaryl/α,β-unsaturated/α-hetero) is 1. The lowest BCUT2D eigenvalue weighted by Gasteiger charge is -2.26. The molecule has 0 saturated carbocycles. The number of rotatable bonds is 7. The van der Waals surface area contributed by atoms with Crippen molar-refractivity contribution in [2.45, 2.75) is 45.6 Å².